The number of benzene rings is 1. The fourth-order valence-electron chi connectivity index (χ4n) is 1.26. The van der Waals surface area contributed by atoms with Crippen LogP contribution in [0.3, 0.4) is 0 Å². The first-order valence-corrected chi connectivity index (χ1v) is 5.27. The predicted molar refractivity (Wildman–Crippen MR) is 62.6 cm³/mol. The maximum Gasteiger partial charge on any atom is 0.247 e. The van der Waals surface area contributed by atoms with Gasteiger partial charge in [0.2, 0.25) is 11.2 Å². The second kappa shape index (κ2) is 4.73. The van der Waals surface area contributed by atoms with E-state index in [9.17, 15) is 8.78 Å². The molecule has 0 saturated carbocycles. The number of nitrogens with two attached hydrogens (primary N) is 1. The molecule has 0 aliphatic heterocycles. The van der Waals surface area contributed by atoms with Crippen molar-refractivity contribution in [2.75, 3.05) is 5.73 Å². The van der Waals surface area contributed by atoms with E-state index in [1.54, 1.807) is 6.92 Å². The molecule has 2 aromatic rings. The lowest BCUT2D eigenvalue weighted by atomic mass is 10.3. The van der Waals surface area contributed by atoms with Crippen molar-refractivity contribution in [2.24, 2.45) is 0 Å². The van der Waals surface area contributed by atoms with Crippen molar-refractivity contribution in [3.8, 4) is 11.6 Å². The Labute approximate surface area is 106 Å². The second-order valence-corrected chi connectivity index (χ2v) is 3.81. The molecule has 0 amide bonds. The lowest BCUT2D eigenvalue weighted by Gasteiger charge is -2.09. The van der Waals surface area contributed by atoms with E-state index in [2.05, 4.69) is 9.97 Å². The van der Waals surface area contributed by atoms with Gasteiger partial charge in [-0.15, -0.1) is 0 Å². The molecular formula is C11H8ClF2N3O. The minimum Gasteiger partial charge on any atom is -0.434 e. The average molecular weight is 272 g/mol. The quantitative estimate of drug-likeness (QED) is 0.853. The number of aromatic nitrogens is 2. The Kier molecular flexibility index (Phi) is 3.29. The van der Waals surface area contributed by atoms with Gasteiger partial charge in [0.05, 0.1) is 5.69 Å². The van der Waals surface area contributed by atoms with Gasteiger partial charge in [0.25, 0.3) is 0 Å². The van der Waals surface area contributed by atoms with Gasteiger partial charge in [-0.05, 0) is 30.7 Å². The van der Waals surface area contributed by atoms with Gasteiger partial charge in [-0.25, -0.2) is 13.8 Å². The zero-order chi connectivity index (χ0) is 13.3. The first-order valence-electron chi connectivity index (χ1n) is 4.90. The number of hydrogen-bond acceptors (Lipinski definition) is 4. The maximum atomic E-state index is 13.4. The molecular weight excluding hydrogens is 264 g/mol. The summed E-state index contributed by atoms with van der Waals surface area (Å²) in [5, 5.41) is -0.0893. The van der Waals surface area contributed by atoms with E-state index >= 15 is 0 Å². The highest BCUT2D eigenvalue weighted by atomic mass is 35.5. The van der Waals surface area contributed by atoms with E-state index in [-0.39, 0.29) is 22.6 Å². The second-order valence-electron chi connectivity index (χ2n) is 3.47. The van der Waals surface area contributed by atoms with Gasteiger partial charge >= 0.3 is 0 Å². The zero-order valence-corrected chi connectivity index (χ0v) is 10.0. The highest BCUT2D eigenvalue weighted by Gasteiger charge is 2.13. The molecule has 7 heteroatoms. The van der Waals surface area contributed by atoms with Crippen molar-refractivity contribution in [1.29, 1.82) is 0 Å². The number of hydrogen-bond donors (Lipinski definition) is 1. The molecule has 0 saturated heterocycles. The van der Waals surface area contributed by atoms with Crippen LogP contribution in [0.25, 0.3) is 0 Å². The summed E-state index contributed by atoms with van der Waals surface area (Å²) in [4.78, 5) is 7.51. The number of nitrogens with zero attached hydrogens (tertiary/aromatic N) is 2. The Morgan fingerprint density at radius 1 is 1.28 bits per heavy atom. The van der Waals surface area contributed by atoms with E-state index in [1.807, 2.05) is 0 Å². The normalized spacial score (nSPS) is 10.4. The van der Waals surface area contributed by atoms with E-state index in [0.717, 1.165) is 18.2 Å². The molecule has 0 aliphatic carbocycles. The number of aryl methyl sites for hydroxylation is 1. The zero-order valence-electron chi connectivity index (χ0n) is 9.25. The summed E-state index contributed by atoms with van der Waals surface area (Å²) in [6.45, 7) is 1.59. The molecule has 1 aromatic carbocycles. The van der Waals surface area contributed by atoms with Crippen LogP contribution < -0.4 is 10.5 Å². The molecule has 18 heavy (non-hydrogen) atoms. The van der Waals surface area contributed by atoms with Crippen molar-refractivity contribution in [3.05, 3.63) is 40.8 Å². The third-order valence-electron chi connectivity index (χ3n) is 2.17. The standard InChI is InChI=1S/C11H8ClF2N3O/c1-5-9(15)10(17-11(12)16-5)18-8-4-6(13)2-3-7(8)14/h2-4H,15H2,1H3. The average Bonchev–Trinajstić information content (AvgIpc) is 2.30. The van der Waals surface area contributed by atoms with Crippen molar-refractivity contribution < 1.29 is 13.5 Å². The Balaban J connectivity index is 2.43. The summed E-state index contributed by atoms with van der Waals surface area (Å²) in [7, 11) is 0. The maximum absolute atomic E-state index is 13.4. The third-order valence-corrected chi connectivity index (χ3v) is 2.34. The molecule has 0 radical (unpaired) electrons. The largest absolute Gasteiger partial charge is 0.434 e. The van der Waals surface area contributed by atoms with Gasteiger partial charge in [0.1, 0.15) is 11.5 Å². The van der Waals surface area contributed by atoms with Crippen LogP contribution in [0.1, 0.15) is 5.69 Å². The van der Waals surface area contributed by atoms with Crippen LogP contribution in [-0.4, -0.2) is 9.97 Å². The summed E-state index contributed by atoms with van der Waals surface area (Å²) in [5.74, 6) is -1.81. The number of rotatable bonds is 2. The molecule has 0 atom stereocenters. The molecule has 0 aliphatic rings. The van der Waals surface area contributed by atoms with E-state index in [4.69, 9.17) is 22.1 Å². The van der Waals surface area contributed by atoms with Crippen LogP contribution in [0, 0.1) is 18.6 Å². The van der Waals surface area contributed by atoms with Gasteiger partial charge in [0.15, 0.2) is 11.6 Å². The minimum absolute atomic E-state index is 0.0893. The minimum atomic E-state index is -0.733. The van der Waals surface area contributed by atoms with E-state index < -0.39 is 11.6 Å². The van der Waals surface area contributed by atoms with Gasteiger partial charge < -0.3 is 10.5 Å². The predicted octanol–water partition coefficient (Wildman–Crippen LogP) is 3.09. The summed E-state index contributed by atoms with van der Waals surface area (Å²) in [6, 6.07) is 2.81. The Morgan fingerprint density at radius 3 is 2.72 bits per heavy atom. The monoisotopic (exact) mass is 271 g/mol. The van der Waals surface area contributed by atoms with Crippen LogP contribution in [0.4, 0.5) is 14.5 Å². The molecule has 4 nitrogen and oxygen atoms in total. The lowest BCUT2D eigenvalue weighted by molar-refractivity contribution is 0.423. The van der Waals surface area contributed by atoms with Gasteiger partial charge in [-0.1, -0.05) is 0 Å². The topological polar surface area (TPSA) is 61.0 Å². The molecule has 94 valence electrons. The summed E-state index contributed by atoms with van der Waals surface area (Å²) in [6.07, 6.45) is 0. The number of anilines is 1. The van der Waals surface area contributed by atoms with Crippen LogP contribution in [0.2, 0.25) is 5.28 Å². The summed E-state index contributed by atoms with van der Waals surface area (Å²) < 4.78 is 31.5. The van der Waals surface area contributed by atoms with Crippen LogP contribution in [0.15, 0.2) is 18.2 Å². The van der Waals surface area contributed by atoms with Gasteiger partial charge in [0, 0.05) is 6.07 Å². The third kappa shape index (κ3) is 2.48. The summed E-state index contributed by atoms with van der Waals surface area (Å²) >= 11 is 5.63. The fraction of sp³-hybridized carbons (Fsp3) is 0.0909. The van der Waals surface area contributed by atoms with Crippen LogP contribution in [0.5, 0.6) is 11.6 Å². The van der Waals surface area contributed by atoms with Crippen molar-refractivity contribution in [3.63, 3.8) is 0 Å². The van der Waals surface area contributed by atoms with E-state index in [0.29, 0.717) is 5.69 Å². The summed E-state index contributed by atoms with van der Waals surface area (Å²) in [5.41, 5.74) is 6.17. The molecule has 1 heterocycles. The van der Waals surface area contributed by atoms with Crippen LogP contribution in [-0.2, 0) is 0 Å². The van der Waals surface area contributed by atoms with Crippen molar-refractivity contribution in [2.45, 2.75) is 6.92 Å². The highest BCUT2D eigenvalue weighted by molar-refractivity contribution is 6.28. The fourth-order valence-corrected chi connectivity index (χ4v) is 1.46. The van der Waals surface area contributed by atoms with Gasteiger partial charge in [-0.3, -0.25) is 0 Å². The Hall–Kier alpha value is -1.95. The molecule has 1 aromatic heterocycles. The van der Waals surface area contributed by atoms with E-state index in [1.165, 1.54) is 0 Å². The number of halogens is 3. The first kappa shape index (κ1) is 12.5. The highest BCUT2D eigenvalue weighted by Crippen LogP contribution is 2.30. The number of ether oxygens (including phenoxy) is 1. The number of nitrogen functional groups attached to an aromatic ring is 1. The van der Waals surface area contributed by atoms with Gasteiger partial charge in [-0.2, -0.15) is 4.98 Å². The molecule has 2 rings (SSSR count). The molecule has 0 spiro atoms. The smallest absolute Gasteiger partial charge is 0.247 e. The Morgan fingerprint density at radius 2 is 2.00 bits per heavy atom. The van der Waals surface area contributed by atoms with Crippen LogP contribution >= 0.6 is 11.6 Å². The first-order chi connectivity index (χ1) is 8.47. The molecule has 0 fully saturated rings. The molecule has 0 unspecified atom stereocenters. The SMILES string of the molecule is Cc1nc(Cl)nc(Oc2cc(F)ccc2F)c1N. The van der Waals surface area contributed by atoms with Crippen molar-refractivity contribution >= 4 is 17.3 Å². The Bertz CT molecular complexity index is 607. The molecule has 2 N–H and O–H groups in total. The van der Waals surface area contributed by atoms with Crippen molar-refractivity contribution in [1.82, 2.24) is 9.97 Å². The molecule has 0 bridgehead atoms. The lowest BCUT2D eigenvalue weighted by Crippen LogP contribution is -2.01.